The molecule has 11 atom stereocenters. The lowest BCUT2D eigenvalue weighted by molar-refractivity contribution is -0.158. The minimum Gasteiger partial charge on any atom is -0.495 e. The van der Waals surface area contributed by atoms with Gasteiger partial charge in [0, 0.05) is 65.0 Å². The van der Waals surface area contributed by atoms with Gasteiger partial charge in [-0.1, -0.05) is 83.4 Å². The number of anilines is 2. The SMILES string of the molecule is COc1cc(C(=O)N(C)[C@@H](C)C(=O)O[C@H]2CC(=O)N(C)c3cc(cc(OC)c3Cl)C/C(C)=C/C=C/[C@@H](OC)[C@@]3(O)C[C@H](OC(=O)N3)[C@@H](C)[C@@H]3O[C@@]23C)ccc1NC(=O)[C@H](CCCNC(N)=O)NC(=O)[C@@H](NC(=O)CCCCCN1C(=O)CC(C(C)(C)C)C1=O)C(C)C. The number of likely N-dealkylation sites (N-methyl/N-ethyl adjacent to an activating group) is 1. The quantitative estimate of drug-likeness (QED) is 0.0298. The van der Waals surface area contributed by atoms with E-state index < -0.39 is 120 Å². The van der Waals surface area contributed by atoms with Gasteiger partial charge in [0.15, 0.2) is 5.72 Å². The third-order valence-electron chi connectivity index (χ3n) is 17.6. The molecule has 92 heavy (non-hydrogen) atoms. The topological polar surface area (TPSA) is 345 Å². The largest absolute Gasteiger partial charge is 0.495 e. The van der Waals surface area contributed by atoms with Gasteiger partial charge >= 0.3 is 18.1 Å². The molecule has 26 nitrogen and oxygen atoms in total. The Labute approximate surface area is 542 Å². The first-order chi connectivity index (χ1) is 43.2. The molecule has 2 aromatic rings. The van der Waals surface area contributed by atoms with Crippen molar-refractivity contribution in [2.75, 3.05) is 58.7 Å². The number of fused-ring (bicyclic) bond motifs is 5. The van der Waals surface area contributed by atoms with Gasteiger partial charge in [-0.3, -0.25) is 43.8 Å². The highest BCUT2D eigenvalue weighted by atomic mass is 35.5. The van der Waals surface area contributed by atoms with E-state index in [4.69, 9.17) is 45.8 Å². The van der Waals surface area contributed by atoms with Crippen LogP contribution in [0.5, 0.6) is 11.5 Å². The summed E-state index contributed by atoms with van der Waals surface area (Å²) in [7, 11) is 7.04. The fourth-order valence-electron chi connectivity index (χ4n) is 11.7. The predicted molar refractivity (Wildman–Crippen MR) is 340 cm³/mol. The first-order valence-corrected chi connectivity index (χ1v) is 31.4. The molecular weight excluding hydrogens is 1210 g/mol. The summed E-state index contributed by atoms with van der Waals surface area (Å²) in [6.07, 6.45) is 1.82. The van der Waals surface area contributed by atoms with Crippen molar-refractivity contribution in [3.05, 3.63) is 70.3 Å². The molecule has 0 radical (unpaired) electrons. The van der Waals surface area contributed by atoms with Crippen molar-refractivity contribution in [3.8, 4) is 11.5 Å². The Hall–Kier alpha value is -7.81. The molecule has 4 heterocycles. The number of alkyl carbamates (subject to hydrolysis) is 1. The smallest absolute Gasteiger partial charge is 0.409 e. The number of urea groups is 1. The Morgan fingerprint density at radius 3 is 2.26 bits per heavy atom. The van der Waals surface area contributed by atoms with E-state index >= 15 is 0 Å². The molecule has 27 heteroatoms. The van der Waals surface area contributed by atoms with Crippen LogP contribution < -0.4 is 46.7 Å². The monoisotopic (exact) mass is 1310 g/mol. The van der Waals surface area contributed by atoms with E-state index in [2.05, 4.69) is 26.6 Å². The number of imide groups is 1. The summed E-state index contributed by atoms with van der Waals surface area (Å²) in [5, 5.41) is 25.3. The number of halogens is 1. The Bertz CT molecular complexity index is 3170. The number of nitrogens with two attached hydrogens (primary N) is 1. The number of carbonyl (C=O) groups excluding carboxylic acids is 10. The third kappa shape index (κ3) is 18.1. The number of nitrogens with one attached hydrogen (secondary N) is 5. The van der Waals surface area contributed by atoms with E-state index in [-0.39, 0.29) is 90.4 Å². The lowest BCUT2D eigenvalue weighted by Crippen LogP contribution is -2.63. The molecule has 0 spiro atoms. The Morgan fingerprint density at radius 2 is 1.63 bits per heavy atom. The maximum atomic E-state index is 14.6. The molecule has 0 aromatic heterocycles. The zero-order chi connectivity index (χ0) is 68.3. The van der Waals surface area contributed by atoms with Crippen LogP contribution in [0.3, 0.4) is 0 Å². The standard InChI is InChI=1S/C65H92ClN9O17/c1-35(2)54(71-50(76)23-16-15-17-27-75-52(78)32-41(59(75)82)63(6,7)8)57(80)70-43(21-19-26-68-61(67)84)56(79)69-42-25-24-40(31-45(42)87-12)58(81)73(10)38(5)60(83)91-49-33-51(77)74(11)44-29-39(30-46(88-13)53(44)66)28-36(3)20-18-22-48(89-14)65(86)34-47(90-62(85)72-65)37(4)55-64(49,9)92-55/h18,20,22,24-25,29-31,35,37-38,41,43,47-49,54-55,86H,15-17,19,21,23,26-28,32-34H2,1-14H3,(H,69,79)(H,70,80)(H,71,76)(H,72,85)(H3,67,68,84)/b22-18+,36-20+/t37-,38+,41?,43+,47+,48-,49+,54+,55+,64+,65+/m1/s1. The highest BCUT2D eigenvalue weighted by Gasteiger charge is 2.64. The third-order valence-corrected chi connectivity index (χ3v) is 18.0. The summed E-state index contributed by atoms with van der Waals surface area (Å²) < 4.78 is 35.3. The van der Waals surface area contributed by atoms with E-state index in [9.17, 15) is 53.1 Å². The Kier molecular flexibility index (Phi) is 24.8. The van der Waals surface area contributed by atoms with Crippen LogP contribution >= 0.6 is 11.6 Å². The van der Waals surface area contributed by atoms with Gasteiger partial charge in [0.2, 0.25) is 35.4 Å². The van der Waals surface area contributed by atoms with Crippen molar-refractivity contribution in [1.29, 1.82) is 0 Å². The van der Waals surface area contributed by atoms with E-state index in [0.29, 0.717) is 37.1 Å². The van der Waals surface area contributed by atoms with Gasteiger partial charge in [0.25, 0.3) is 5.91 Å². The second-order valence-electron chi connectivity index (χ2n) is 25.8. The molecule has 4 aliphatic heterocycles. The number of allylic oxidation sites excluding steroid dienone is 3. The molecule has 1 unspecified atom stereocenters. The molecule has 4 aliphatic rings. The number of likely N-dealkylation sites (tertiary alicyclic amines) is 1. The predicted octanol–water partition coefficient (Wildman–Crippen LogP) is 5.83. The van der Waals surface area contributed by atoms with Crippen LogP contribution in [0.1, 0.15) is 136 Å². The molecule has 6 rings (SSSR count). The van der Waals surface area contributed by atoms with Crippen molar-refractivity contribution < 1.29 is 81.5 Å². The number of primary amides is 1. The fraction of sp³-hybridized carbons (Fsp3) is 0.600. The molecule has 3 fully saturated rings. The van der Waals surface area contributed by atoms with Gasteiger partial charge in [-0.05, 0) is 100 Å². The first kappa shape index (κ1) is 73.2. The van der Waals surface area contributed by atoms with Gasteiger partial charge in [-0.15, -0.1) is 0 Å². The van der Waals surface area contributed by atoms with Gasteiger partial charge in [0.05, 0.1) is 44.0 Å². The molecule has 506 valence electrons. The number of methoxy groups -OCH3 is 3. The van der Waals surface area contributed by atoms with Crippen LogP contribution in [-0.2, 0) is 58.9 Å². The minimum absolute atomic E-state index is 0.00391. The second-order valence-corrected chi connectivity index (χ2v) is 26.2. The van der Waals surface area contributed by atoms with Gasteiger partial charge in [0.1, 0.15) is 58.6 Å². The molecule has 0 saturated carbocycles. The number of epoxide rings is 1. The summed E-state index contributed by atoms with van der Waals surface area (Å²) in [6.45, 7) is 16.3. The molecule has 8 N–H and O–H groups in total. The van der Waals surface area contributed by atoms with Crippen molar-refractivity contribution in [3.63, 3.8) is 0 Å². The van der Waals surface area contributed by atoms with E-state index in [1.807, 2.05) is 33.8 Å². The van der Waals surface area contributed by atoms with E-state index in [1.165, 1.54) is 70.3 Å². The van der Waals surface area contributed by atoms with Gasteiger partial charge in [-0.25, -0.2) is 14.4 Å². The van der Waals surface area contributed by atoms with Crippen molar-refractivity contribution >= 4 is 82.4 Å². The summed E-state index contributed by atoms with van der Waals surface area (Å²) in [6, 6.07) is 3.23. The highest BCUT2D eigenvalue weighted by Crippen LogP contribution is 2.49. The molecule has 10 amide bonds. The van der Waals surface area contributed by atoms with Gasteiger partial charge in [-0.2, -0.15) is 0 Å². The normalized spacial score (nSPS) is 25.3. The number of carbonyl (C=O) groups is 10. The van der Waals surface area contributed by atoms with Crippen LogP contribution in [0.4, 0.5) is 21.0 Å². The summed E-state index contributed by atoms with van der Waals surface area (Å²) in [4.78, 5) is 139. The summed E-state index contributed by atoms with van der Waals surface area (Å²) in [5.41, 5.74) is 3.64. The molecular formula is C65H92ClN9O17. The number of hydrogen-bond acceptors (Lipinski definition) is 17. The average Bonchev–Trinajstić information content (AvgIpc) is 1.57. The zero-order valence-electron chi connectivity index (χ0n) is 55.2. The number of hydrogen-bond donors (Lipinski definition) is 7. The number of esters is 1. The van der Waals surface area contributed by atoms with E-state index in [0.717, 1.165) is 16.0 Å². The maximum absolute atomic E-state index is 14.6. The zero-order valence-corrected chi connectivity index (χ0v) is 55.9. The van der Waals surface area contributed by atoms with Crippen molar-refractivity contribution in [2.24, 2.45) is 28.9 Å². The minimum atomic E-state index is -1.93. The van der Waals surface area contributed by atoms with Crippen LogP contribution in [0.25, 0.3) is 0 Å². The van der Waals surface area contributed by atoms with Crippen LogP contribution in [0.15, 0.2) is 54.1 Å². The molecule has 2 aromatic carbocycles. The molecule has 4 bridgehead atoms. The highest BCUT2D eigenvalue weighted by molar-refractivity contribution is 6.35. The number of ether oxygens (including phenoxy) is 6. The number of rotatable bonds is 23. The van der Waals surface area contributed by atoms with Crippen LogP contribution in [0.2, 0.25) is 5.02 Å². The maximum Gasteiger partial charge on any atom is 0.409 e. The lowest BCUT2D eigenvalue weighted by atomic mass is 9.80. The van der Waals surface area contributed by atoms with Gasteiger partial charge < -0.3 is 70.3 Å². The van der Waals surface area contributed by atoms with Crippen LogP contribution in [0, 0.1) is 23.2 Å². The number of aliphatic hydroxyl groups is 1. The number of amides is 10. The Morgan fingerprint density at radius 1 is 0.935 bits per heavy atom. The van der Waals surface area contributed by atoms with Crippen LogP contribution in [-0.4, -0.2) is 177 Å². The first-order valence-electron chi connectivity index (χ1n) is 31.0. The average molecular weight is 1310 g/mol. The number of unbranched alkanes of at least 4 members (excludes halogenated alkanes) is 2. The number of benzene rings is 2. The summed E-state index contributed by atoms with van der Waals surface area (Å²) in [5.74, 6) is -5.45. The fourth-order valence-corrected chi connectivity index (χ4v) is 12.0. The lowest BCUT2D eigenvalue weighted by Gasteiger charge is -2.42. The number of nitrogens with zero attached hydrogens (tertiary/aromatic N) is 3. The van der Waals surface area contributed by atoms with Crippen molar-refractivity contribution in [2.45, 2.75) is 180 Å². The molecule has 3 saturated heterocycles. The van der Waals surface area contributed by atoms with Crippen molar-refractivity contribution in [1.82, 2.24) is 31.1 Å². The second kappa shape index (κ2) is 31.2. The summed E-state index contributed by atoms with van der Waals surface area (Å²) >= 11 is 6.86. The molecule has 0 aliphatic carbocycles. The van der Waals surface area contributed by atoms with E-state index in [1.54, 1.807) is 52.0 Å². The Balaban J connectivity index is 1.16.